The second-order valence-corrected chi connectivity index (χ2v) is 3.71. The fourth-order valence-electron chi connectivity index (χ4n) is 1.90. The van der Waals surface area contributed by atoms with E-state index < -0.39 is 0 Å². The second-order valence-electron chi connectivity index (χ2n) is 3.71. The van der Waals surface area contributed by atoms with Gasteiger partial charge in [0.25, 0.3) is 0 Å². The standard InChI is InChI=1S/C8H17NO/c1-5-3-6(2)8(10)7(9)4-5/h5-8,10H,3-4,9H2,1-2H3/t5?,6-,7+,8+/m0/s1. The van der Waals surface area contributed by atoms with Gasteiger partial charge in [0.05, 0.1) is 6.10 Å². The summed E-state index contributed by atoms with van der Waals surface area (Å²) in [6.45, 7) is 4.27. The van der Waals surface area contributed by atoms with Crippen molar-refractivity contribution in [2.24, 2.45) is 17.6 Å². The van der Waals surface area contributed by atoms with Gasteiger partial charge < -0.3 is 10.8 Å². The number of hydrogen-bond donors (Lipinski definition) is 2. The first-order valence-electron chi connectivity index (χ1n) is 4.05. The molecule has 0 aromatic rings. The van der Waals surface area contributed by atoms with E-state index in [0.29, 0.717) is 11.8 Å². The lowest BCUT2D eigenvalue weighted by Crippen LogP contribution is -2.44. The minimum absolute atomic E-state index is 0.0127. The molecule has 1 unspecified atom stereocenters. The predicted molar refractivity (Wildman–Crippen MR) is 41.5 cm³/mol. The molecule has 0 aromatic carbocycles. The number of aliphatic hydroxyl groups is 1. The average Bonchev–Trinajstić information content (AvgIpc) is 1.82. The fraction of sp³-hybridized carbons (Fsp3) is 1.00. The highest BCUT2D eigenvalue weighted by atomic mass is 16.3. The molecule has 0 saturated heterocycles. The minimum atomic E-state index is -0.267. The second kappa shape index (κ2) is 2.89. The first-order valence-corrected chi connectivity index (χ1v) is 4.05. The Kier molecular flexibility index (Phi) is 2.32. The molecular formula is C8H17NO. The summed E-state index contributed by atoms with van der Waals surface area (Å²) in [4.78, 5) is 0. The average molecular weight is 143 g/mol. The van der Waals surface area contributed by atoms with Crippen LogP contribution < -0.4 is 5.73 Å². The maximum absolute atomic E-state index is 9.44. The lowest BCUT2D eigenvalue weighted by molar-refractivity contribution is 0.0420. The zero-order valence-corrected chi connectivity index (χ0v) is 6.75. The highest BCUT2D eigenvalue weighted by Gasteiger charge is 2.29. The minimum Gasteiger partial charge on any atom is -0.391 e. The van der Waals surface area contributed by atoms with E-state index in [1.165, 1.54) is 0 Å². The molecule has 0 amide bonds. The Morgan fingerprint density at radius 2 is 1.90 bits per heavy atom. The molecule has 0 aliphatic heterocycles. The van der Waals surface area contributed by atoms with Crippen LogP contribution in [0.25, 0.3) is 0 Å². The van der Waals surface area contributed by atoms with Gasteiger partial charge in [0.15, 0.2) is 0 Å². The van der Waals surface area contributed by atoms with Gasteiger partial charge in [-0.2, -0.15) is 0 Å². The van der Waals surface area contributed by atoms with Crippen molar-refractivity contribution in [1.82, 2.24) is 0 Å². The van der Waals surface area contributed by atoms with Crippen LogP contribution in [0.4, 0.5) is 0 Å². The molecule has 1 fully saturated rings. The van der Waals surface area contributed by atoms with Gasteiger partial charge in [-0.3, -0.25) is 0 Å². The summed E-state index contributed by atoms with van der Waals surface area (Å²) in [5, 5.41) is 9.44. The van der Waals surface area contributed by atoms with Crippen molar-refractivity contribution in [3.63, 3.8) is 0 Å². The van der Waals surface area contributed by atoms with Gasteiger partial charge in [-0.1, -0.05) is 13.8 Å². The van der Waals surface area contributed by atoms with E-state index >= 15 is 0 Å². The largest absolute Gasteiger partial charge is 0.391 e. The van der Waals surface area contributed by atoms with Crippen LogP contribution in [0.3, 0.4) is 0 Å². The van der Waals surface area contributed by atoms with Gasteiger partial charge in [-0.05, 0) is 24.7 Å². The van der Waals surface area contributed by atoms with Crippen molar-refractivity contribution < 1.29 is 5.11 Å². The van der Waals surface area contributed by atoms with Crippen LogP contribution in [0.5, 0.6) is 0 Å². The molecule has 0 spiro atoms. The lowest BCUT2D eigenvalue weighted by atomic mass is 9.79. The molecule has 0 bridgehead atoms. The van der Waals surface area contributed by atoms with E-state index in [2.05, 4.69) is 13.8 Å². The van der Waals surface area contributed by atoms with E-state index in [-0.39, 0.29) is 12.1 Å². The van der Waals surface area contributed by atoms with Crippen LogP contribution in [-0.4, -0.2) is 17.3 Å². The van der Waals surface area contributed by atoms with E-state index in [0.717, 1.165) is 12.8 Å². The molecule has 1 aliphatic rings. The van der Waals surface area contributed by atoms with Crippen molar-refractivity contribution in [1.29, 1.82) is 0 Å². The predicted octanol–water partition coefficient (Wildman–Crippen LogP) is 0.741. The van der Waals surface area contributed by atoms with Crippen LogP contribution in [0.15, 0.2) is 0 Å². The number of rotatable bonds is 0. The monoisotopic (exact) mass is 143 g/mol. The van der Waals surface area contributed by atoms with Gasteiger partial charge >= 0.3 is 0 Å². The normalized spacial score (nSPS) is 49.2. The Hall–Kier alpha value is -0.0800. The topological polar surface area (TPSA) is 46.2 Å². The molecule has 60 valence electrons. The maximum atomic E-state index is 9.44. The summed E-state index contributed by atoms with van der Waals surface area (Å²) in [5.41, 5.74) is 5.71. The van der Waals surface area contributed by atoms with Crippen LogP contribution in [0.2, 0.25) is 0 Å². The Balaban J connectivity index is 2.49. The molecule has 0 aromatic heterocycles. The van der Waals surface area contributed by atoms with Crippen LogP contribution >= 0.6 is 0 Å². The van der Waals surface area contributed by atoms with Crippen molar-refractivity contribution in [3.05, 3.63) is 0 Å². The smallest absolute Gasteiger partial charge is 0.0716 e. The van der Waals surface area contributed by atoms with Crippen molar-refractivity contribution >= 4 is 0 Å². The Labute approximate surface area is 62.4 Å². The third kappa shape index (κ3) is 1.50. The van der Waals surface area contributed by atoms with Gasteiger partial charge in [0.1, 0.15) is 0 Å². The summed E-state index contributed by atoms with van der Waals surface area (Å²) >= 11 is 0. The Morgan fingerprint density at radius 3 is 2.40 bits per heavy atom. The quantitative estimate of drug-likeness (QED) is 0.525. The molecule has 1 saturated carbocycles. The molecule has 2 heteroatoms. The summed E-state index contributed by atoms with van der Waals surface area (Å²) in [6, 6.07) is 0.0127. The lowest BCUT2D eigenvalue weighted by Gasteiger charge is -2.34. The Morgan fingerprint density at radius 1 is 1.30 bits per heavy atom. The van der Waals surface area contributed by atoms with Gasteiger partial charge in [0, 0.05) is 6.04 Å². The molecule has 3 N–H and O–H groups in total. The molecule has 4 atom stereocenters. The van der Waals surface area contributed by atoms with Crippen molar-refractivity contribution in [2.75, 3.05) is 0 Å². The molecule has 1 aliphatic carbocycles. The van der Waals surface area contributed by atoms with Crippen LogP contribution in [0.1, 0.15) is 26.7 Å². The number of nitrogens with two attached hydrogens (primary N) is 1. The fourth-order valence-corrected chi connectivity index (χ4v) is 1.90. The van der Waals surface area contributed by atoms with Gasteiger partial charge in [-0.15, -0.1) is 0 Å². The molecule has 2 nitrogen and oxygen atoms in total. The third-order valence-electron chi connectivity index (χ3n) is 2.47. The Bertz CT molecular complexity index is 104. The van der Waals surface area contributed by atoms with Gasteiger partial charge in [-0.25, -0.2) is 0 Å². The number of hydrogen-bond acceptors (Lipinski definition) is 2. The summed E-state index contributed by atoms with van der Waals surface area (Å²) in [5.74, 6) is 1.08. The zero-order valence-electron chi connectivity index (χ0n) is 6.75. The van der Waals surface area contributed by atoms with Crippen LogP contribution in [0, 0.1) is 11.8 Å². The van der Waals surface area contributed by atoms with Crippen molar-refractivity contribution in [3.8, 4) is 0 Å². The SMILES string of the molecule is CC1C[C@@H](N)[C@H](O)[C@@H](C)C1. The molecule has 0 heterocycles. The van der Waals surface area contributed by atoms with E-state index in [9.17, 15) is 5.11 Å². The number of aliphatic hydroxyl groups excluding tert-OH is 1. The van der Waals surface area contributed by atoms with Crippen LogP contribution in [-0.2, 0) is 0 Å². The van der Waals surface area contributed by atoms with E-state index in [1.54, 1.807) is 0 Å². The zero-order chi connectivity index (χ0) is 7.72. The van der Waals surface area contributed by atoms with E-state index in [1.807, 2.05) is 0 Å². The maximum Gasteiger partial charge on any atom is 0.0716 e. The third-order valence-corrected chi connectivity index (χ3v) is 2.47. The highest BCUT2D eigenvalue weighted by Crippen LogP contribution is 2.27. The first kappa shape index (κ1) is 8.02. The summed E-state index contributed by atoms with van der Waals surface area (Å²) in [7, 11) is 0. The highest BCUT2D eigenvalue weighted by molar-refractivity contribution is 4.84. The molecule has 0 radical (unpaired) electrons. The molecular weight excluding hydrogens is 126 g/mol. The molecule has 10 heavy (non-hydrogen) atoms. The first-order chi connectivity index (χ1) is 4.61. The van der Waals surface area contributed by atoms with Crippen molar-refractivity contribution in [2.45, 2.75) is 38.8 Å². The molecule has 1 rings (SSSR count). The van der Waals surface area contributed by atoms with E-state index in [4.69, 9.17) is 5.73 Å². The summed E-state index contributed by atoms with van der Waals surface area (Å²) in [6.07, 6.45) is 1.83. The van der Waals surface area contributed by atoms with Gasteiger partial charge in [0.2, 0.25) is 0 Å². The summed E-state index contributed by atoms with van der Waals surface area (Å²) < 4.78 is 0.